The maximum absolute atomic E-state index is 11.7. The van der Waals surface area contributed by atoms with Crippen LogP contribution < -0.4 is 0 Å². The van der Waals surface area contributed by atoms with E-state index >= 15 is 0 Å². The van der Waals surface area contributed by atoms with Gasteiger partial charge in [-0.3, -0.25) is 9.69 Å². The molecule has 1 heterocycles. The smallest absolute Gasteiger partial charge is 0.320 e. The molecule has 20 heavy (non-hydrogen) atoms. The van der Waals surface area contributed by atoms with E-state index in [0.717, 1.165) is 25.4 Å². The van der Waals surface area contributed by atoms with Crippen LogP contribution in [-0.2, 0) is 9.53 Å². The quantitative estimate of drug-likeness (QED) is 0.602. The Bertz CT molecular complexity index is 260. The van der Waals surface area contributed by atoms with Crippen molar-refractivity contribution in [1.82, 2.24) is 4.90 Å². The average Bonchev–Trinajstić information content (AvgIpc) is 2.39. The van der Waals surface area contributed by atoms with Crippen LogP contribution >= 0.6 is 0 Å². The summed E-state index contributed by atoms with van der Waals surface area (Å²) in [7, 11) is 0. The van der Waals surface area contributed by atoms with E-state index < -0.39 is 0 Å². The summed E-state index contributed by atoms with van der Waals surface area (Å²) in [4.78, 5) is 14.0. The maximum atomic E-state index is 11.7. The third kappa shape index (κ3) is 8.57. The zero-order chi connectivity index (χ0) is 14.8. The molecule has 1 aliphatic heterocycles. The first-order chi connectivity index (χ1) is 9.58. The summed E-state index contributed by atoms with van der Waals surface area (Å²) in [6.07, 6.45) is 8.60. The predicted molar refractivity (Wildman–Crippen MR) is 83.7 cm³/mol. The van der Waals surface area contributed by atoms with Crippen LogP contribution in [0.4, 0.5) is 0 Å². The lowest BCUT2D eigenvalue weighted by atomic mass is 9.98. The molecule has 0 spiro atoms. The van der Waals surface area contributed by atoms with E-state index in [0.29, 0.717) is 19.1 Å². The molecular formula is C17H33NO2. The highest BCUT2D eigenvalue weighted by molar-refractivity contribution is 5.71. The first-order valence-electron chi connectivity index (χ1n) is 8.46. The summed E-state index contributed by atoms with van der Waals surface area (Å²) >= 11 is 0. The minimum Gasteiger partial charge on any atom is -0.465 e. The molecule has 0 aromatic heterocycles. The third-order valence-electron chi connectivity index (χ3n) is 4.15. The highest BCUT2D eigenvalue weighted by Crippen LogP contribution is 2.15. The van der Waals surface area contributed by atoms with E-state index in [2.05, 4.69) is 25.7 Å². The van der Waals surface area contributed by atoms with Gasteiger partial charge in [-0.15, -0.1) is 0 Å². The van der Waals surface area contributed by atoms with Crippen LogP contribution in [-0.4, -0.2) is 37.1 Å². The number of esters is 1. The standard InChI is InChI=1S/C17H33NO2/c1-15(2)8-7-9-16(3)10-13-20-17(19)14-18-11-5-4-6-12-18/h15-16H,4-14H2,1-3H3/t16-/m0/s1. The number of rotatable bonds is 9. The fraction of sp³-hybridized carbons (Fsp3) is 0.941. The summed E-state index contributed by atoms with van der Waals surface area (Å²) < 4.78 is 5.36. The molecule has 1 rings (SSSR count). The summed E-state index contributed by atoms with van der Waals surface area (Å²) in [5, 5.41) is 0. The number of likely N-dealkylation sites (tertiary alicyclic amines) is 1. The Kier molecular flexibility index (Phi) is 8.92. The van der Waals surface area contributed by atoms with Gasteiger partial charge < -0.3 is 4.74 Å². The molecule has 0 aromatic carbocycles. The molecule has 3 heteroatoms. The average molecular weight is 283 g/mol. The first-order valence-corrected chi connectivity index (χ1v) is 8.46. The predicted octanol–water partition coefficient (Wildman–Crippen LogP) is 3.87. The second kappa shape index (κ2) is 10.2. The van der Waals surface area contributed by atoms with Crippen molar-refractivity contribution in [2.75, 3.05) is 26.2 Å². The number of ether oxygens (including phenoxy) is 1. The van der Waals surface area contributed by atoms with Crippen molar-refractivity contribution in [3.05, 3.63) is 0 Å². The molecule has 1 saturated heterocycles. The second-order valence-corrected chi connectivity index (χ2v) is 6.78. The molecule has 0 aliphatic carbocycles. The summed E-state index contributed by atoms with van der Waals surface area (Å²) in [5.41, 5.74) is 0. The van der Waals surface area contributed by atoms with Crippen LogP contribution in [0.1, 0.15) is 65.7 Å². The van der Waals surface area contributed by atoms with Crippen molar-refractivity contribution in [2.45, 2.75) is 65.7 Å². The number of piperidine rings is 1. The van der Waals surface area contributed by atoms with Gasteiger partial charge in [0.1, 0.15) is 0 Å². The van der Waals surface area contributed by atoms with E-state index in [1.165, 1.54) is 38.5 Å². The Morgan fingerprint density at radius 2 is 1.75 bits per heavy atom. The molecule has 1 aliphatic rings. The molecule has 3 nitrogen and oxygen atoms in total. The van der Waals surface area contributed by atoms with Crippen LogP contribution in [0.3, 0.4) is 0 Å². The van der Waals surface area contributed by atoms with Crippen LogP contribution in [0.5, 0.6) is 0 Å². The maximum Gasteiger partial charge on any atom is 0.320 e. The lowest BCUT2D eigenvalue weighted by Gasteiger charge is -2.25. The van der Waals surface area contributed by atoms with Gasteiger partial charge >= 0.3 is 5.97 Å². The Balaban J connectivity index is 2.00. The molecule has 0 bridgehead atoms. The molecule has 0 unspecified atom stereocenters. The third-order valence-corrected chi connectivity index (χ3v) is 4.15. The first kappa shape index (κ1) is 17.5. The zero-order valence-corrected chi connectivity index (χ0v) is 13.7. The Labute approximate surface area is 125 Å². The van der Waals surface area contributed by atoms with E-state index in [1.54, 1.807) is 0 Å². The number of hydrogen-bond donors (Lipinski definition) is 0. The number of carbonyl (C=O) groups is 1. The van der Waals surface area contributed by atoms with Crippen molar-refractivity contribution in [3.8, 4) is 0 Å². The van der Waals surface area contributed by atoms with Crippen LogP contribution in [0.25, 0.3) is 0 Å². The normalized spacial score (nSPS) is 18.2. The SMILES string of the molecule is CC(C)CCC[C@H](C)CCOC(=O)CN1CCCCC1. The topological polar surface area (TPSA) is 29.5 Å². The zero-order valence-electron chi connectivity index (χ0n) is 13.7. The van der Waals surface area contributed by atoms with Crippen molar-refractivity contribution < 1.29 is 9.53 Å². The Morgan fingerprint density at radius 3 is 2.40 bits per heavy atom. The molecule has 118 valence electrons. The van der Waals surface area contributed by atoms with E-state index in [9.17, 15) is 4.79 Å². The molecule has 0 aromatic rings. The van der Waals surface area contributed by atoms with Crippen molar-refractivity contribution in [2.24, 2.45) is 11.8 Å². The van der Waals surface area contributed by atoms with Gasteiger partial charge in [0, 0.05) is 0 Å². The molecular weight excluding hydrogens is 250 g/mol. The fourth-order valence-corrected chi connectivity index (χ4v) is 2.74. The molecule has 1 atom stereocenters. The molecule has 0 saturated carbocycles. The fourth-order valence-electron chi connectivity index (χ4n) is 2.74. The molecule has 0 radical (unpaired) electrons. The Hall–Kier alpha value is -0.570. The van der Waals surface area contributed by atoms with Gasteiger partial charge in [0.15, 0.2) is 0 Å². The minimum atomic E-state index is -0.0405. The van der Waals surface area contributed by atoms with Gasteiger partial charge in [-0.05, 0) is 44.2 Å². The molecule has 0 N–H and O–H groups in total. The second-order valence-electron chi connectivity index (χ2n) is 6.78. The summed E-state index contributed by atoms with van der Waals surface area (Å²) in [6.45, 7) is 10.00. The minimum absolute atomic E-state index is 0.0405. The van der Waals surface area contributed by atoms with Gasteiger partial charge in [-0.2, -0.15) is 0 Å². The van der Waals surface area contributed by atoms with Gasteiger partial charge in [-0.1, -0.05) is 46.5 Å². The van der Waals surface area contributed by atoms with E-state index in [1.807, 2.05) is 0 Å². The summed E-state index contributed by atoms with van der Waals surface area (Å²) in [6, 6.07) is 0. The van der Waals surface area contributed by atoms with Gasteiger partial charge in [0.05, 0.1) is 13.2 Å². The van der Waals surface area contributed by atoms with Crippen LogP contribution in [0.15, 0.2) is 0 Å². The largest absolute Gasteiger partial charge is 0.465 e. The molecule has 1 fully saturated rings. The lowest BCUT2D eigenvalue weighted by Crippen LogP contribution is -2.35. The van der Waals surface area contributed by atoms with Crippen molar-refractivity contribution in [1.29, 1.82) is 0 Å². The monoisotopic (exact) mass is 283 g/mol. The number of nitrogens with zero attached hydrogens (tertiary/aromatic N) is 1. The van der Waals surface area contributed by atoms with Gasteiger partial charge in [0.25, 0.3) is 0 Å². The highest BCUT2D eigenvalue weighted by Gasteiger charge is 2.14. The van der Waals surface area contributed by atoms with Gasteiger partial charge in [0.2, 0.25) is 0 Å². The van der Waals surface area contributed by atoms with E-state index in [-0.39, 0.29) is 5.97 Å². The van der Waals surface area contributed by atoms with Crippen molar-refractivity contribution in [3.63, 3.8) is 0 Å². The molecule has 0 amide bonds. The number of carbonyl (C=O) groups excluding carboxylic acids is 1. The van der Waals surface area contributed by atoms with Crippen molar-refractivity contribution >= 4 is 5.97 Å². The van der Waals surface area contributed by atoms with E-state index in [4.69, 9.17) is 4.74 Å². The van der Waals surface area contributed by atoms with Crippen LogP contribution in [0.2, 0.25) is 0 Å². The number of hydrogen-bond acceptors (Lipinski definition) is 3. The Morgan fingerprint density at radius 1 is 1.05 bits per heavy atom. The highest BCUT2D eigenvalue weighted by atomic mass is 16.5. The lowest BCUT2D eigenvalue weighted by molar-refractivity contribution is -0.145. The summed E-state index contributed by atoms with van der Waals surface area (Å²) in [5.74, 6) is 1.42. The van der Waals surface area contributed by atoms with Crippen LogP contribution in [0, 0.1) is 11.8 Å². The van der Waals surface area contributed by atoms with Gasteiger partial charge in [-0.25, -0.2) is 0 Å².